The highest BCUT2D eigenvalue weighted by atomic mass is 32.2. The van der Waals surface area contributed by atoms with E-state index in [4.69, 9.17) is 9.84 Å². The predicted molar refractivity (Wildman–Crippen MR) is 77.6 cm³/mol. The van der Waals surface area contributed by atoms with Crippen molar-refractivity contribution < 1.29 is 14.2 Å². The molecule has 2 aromatic rings. The largest absolute Gasteiger partial charge is 0.489 e. The van der Waals surface area contributed by atoms with Gasteiger partial charge in [-0.3, -0.25) is 0 Å². The summed E-state index contributed by atoms with van der Waals surface area (Å²) in [7, 11) is 0. The maximum atomic E-state index is 13.1. The summed E-state index contributed by atoms with van der Waals surface area (Å²) in [5, 5.41) is 9.12. The third-order valence-electron chi connectivity index (χ3n) is 3.28. The number of halogens is 1. The van der Waals surface area contributed by atoms with Gasteiger partial charge in [-0.15, -0.1) is 11.8 Å². The Balaban J connectivity index is 1.60. The zero-order valence-corrected chi connectivity index (χ0v) is 11.7. The van der Waals surface area contributed by atoms with E-state index in [-0.39, 0.29) is 18.5 Å². The number of aliphatic hydroxyl groups is 1. The lowest BCUT2D eigenvalue weighted by molar-refractivity contribution is 0.259. The van der Waals surface area contributed by atoms with Gasteiger partial charge in [-0.2, -0.15) is 0 Å². The fraction of sp³-hybridized carbons (Fsp3) is 0.250. The molecule has 0 radical (unpaired) electrons. The van der Waals surface area contributed by atoms with E-state index in [1.165, 1.54) is 6.07 Å². The third-order valence-corrected chi connectivity index (χ3v) is 4.41. The Hall–Kier alpha value is -1.52. The molecule has 1 aliphatic heterocycles. The molecule has 0 spiro atoms. The highest BCUT2D eigenvalue weighted by molar-refractivity contribution is 7.99. The van der Waals surface area contributed by atoms with Gasteiger partial charge in [0.2, 0.25) is 0 Å². The molecule has 1 N–H and O–H groups in total. The van der Waals surface area contributed by atoms with E-state index >= 15 is 0 Å². The van der Waals surface area contributed by atoms with E-state index in [1.807, 2.05) is 24.3 Å². The number of thioether (sulfide) groups is 1. The summed E-state index contributed by atoms with van der Waals surface area (Å²) < 4.78 is 18.9. The number of hydrogen-bond acceptors (Lipinski definition) is 3. The topological polar surface area (TPSA) is 29.5 Å². The Labute approximate surface area is 121 Å². The van der Waals surface area contributed by atoms with Crippen LogP contribution in [0.2, 0.25) is 0 Å². The average Bonchev–Trinajstić information content (AvgIpc) is 2.87. The molecule has 0 aliphatic carbocycles. The molecular weight excluding hydrogens is 275 g/mol. The van der Waals surface area contributed by atoms with Crippen LogP contribution in [0.3, 0.4) is 0 Å². The number of benzene rings is 2. The molecule has 1 unspecified atom stereocenters. The minimum Gasteiger partial charge on any atom is -0.489 e. The van der Waals surface area contributed by atoms with Crippen LogP contribution in [0.15, 0.2) is 47.4 Å². The maximum absolute atomic E-state index is 13.1. The minimum absolute atomic E-state index is 0.0546. The molecule has 4 heteroatoms. The normalized spacial score (nSPS) is 16.8. The van der Waals surface area contributed by atoms with Crippen LogP contribution in [-0.4, -0.2) is 17.0 Å². The summed E-state index contributed by atoms with van der Waals surface area (Å²) in [6.45, 7) is 0.0546. The van der Waals surface area contributed by atoms with Gasteiger partial charge in [0.25, 0.3) is 0 Å². The lowest BCUT2D eigenvalue weighted by Gasteiger charge is -2.10. The Kier molecular flexibility index (Phi) is 3.94. The van der Waals surface area contributed by atoms with Crippen molar-refractivity contribution in [2.24, 2.45) is 0 Å². The van der Waals surface area contributed by atoms with Crippen molar-refractivity contribution in [3.05, 3.63) is 59.4 Å². The fourth-order valence-corrected chi connectivity index (χ4v) is 3.28. The zero-order valence-electron chi connectivity index (χ0n) is 10.9. The highest BCUT2D eigenvalue weighted by Crippen LogP contribution is 2.32. The van der Waals surface area contributed by atoms with Crippen molar-refractivity contribution in [2.75, 3.05) is 5.75 Å². The van der Waals surface area contributed by atoms with E-state index < -0.39 is 0 Å². The second-order valence-corrected chi connectivity index (χ2v) is 5.91. The molecule has 1 aliphatic rings. The first-order valence-electron chi connectivity index (χ1n) is 6.52. The van der Waals surface area contributed by atoms with Crippen LogP contribution in [0.4, 0.5) is 4.39 Å². The van der Waals surface area contributed by atoms with E-state index in [0.29, 0.717) is 0 Å². The summed E-state index contributed by atoms with van der Waals surface area (Å²) in [4.78, 5) is 1.11. The summed E-state index contributed by atoms with van der Waals surface area (Å²) >= 11 is 1.69. The van der Waals surface area contributed by atoms with Gasteiger partial charge in [0.1, 0.15) is 17.7 Å². The molecule has 1 atom stereocenters. The minimum atomic E-state index is -0.212. The van der Waals surface area contributed by atoms with Crippen molar-refractivity contribution in [1.29, 1.82) is 0 Å². The number of aliphatic hydroxyl groups excluding tert-OH is 1. The number of hydrogen-bond donors (Lipinski definition) is 1. The van der Waals surface area contributed by atoms with Crippen LogP contribution in [0, 0.1) is 5.82 Å². The zero-order chi connectivity index (χ0) is 13.9. The van der Waals surface area contributed by atoms with Gasteiger partial charge in [-0.1, -0.05) is 12.1 Å². The molecule has 0 saturated carbocycles. The van der Waals surface area contributed by atoms with Gasteiger partial charge in [-0.05, 0) is 35.9 Å². The van der Waals surface area contributed by atoms with Crippen LogP contribution in [-0.2, 0) is 13.0 Å². The molecule has 0 bridgehead atoms. The smallest absolute Gasteiger partial charge is 0.123 e. The Bertz CT molecular complexity index is 615. The summed E-state index contributed by atoms with van der Waals surface area (Å²) in [5.74, 6) is 1.39. The molecular formula is C16H15FO2S. The first-order valence-corrected chi connectivity index (χ1v) is 7.51. The highest BCUT2D eigenvalue weighted by Gasteiger charge is 2.23. The second kappa shape index (κ2) is 5.85. The number of rotatable bonds is 4. The molecule has 2 aromatic carbocycles. The third kappa shape index (κ3) is 2.97. The molecule has 104 valence electrons. The van der Waals surface area contributed by atoms with Crippen molar-refractivity contribution in [2.45, 2.75) is 24.0 Å². The van der Waals surface area contributed by atoms with E-state index in [0.717, 1.165) is 33.9 Å². The van der Waals surface area contributed by atoms with Crippen LogP contribution in [0.25, 0.3) is 0 Å². The summed E-state index contributed by atoms with van der Waals surface area (Å²) in [6.07, 6.45) is 0.828. The van der Waals surface area contributed by atoms with Crippen LogP contribution in [0.1, 0.15) is 11.1 Å². The van der Waals surface area contributed by atoms with Crippen LogP contribution < -0.4 is 4.74 Å². The lowest BCUT2D eigenvalue weighted by Crippen LogP contribution is -2.15. The van der Waals surface area contributed by atoms with Gasteiger partial charge in [-0.25, -0.2) is 4.39 Å². The maximum Gasteiger partial charge on any atom is 0.123 e. The molecule has 2 nitrogen and oxygen atoms in total. The molecule has 1 heterocycles. The molecule has 0 saturated heterocycles. The second-order valence-electron chi connectivity index (χ2n) is 4.81. The SMILES string of the molecule is OCc1cccc(SCC2Cc3cc(F)ccc3O2)c1. The van der Waals surface area contributed by atoms with Crippen molar-refractivity contribution >= 4 is 11.8 Å². The van der Waals surface area contributed by atoms with Crippen molar-refractivity contribution in [3.63, 3.8) is 0 Å². The van der Waals surface area contributed by atoms with Gasteiger partial charge in [0.15, 0.2) is 0 Å². The Morgan fingerprint density at radius 1 is 1.25 bits per heavy atom. The Morgan fingerprint density at radius 3 is 3.00 bits per heavy atom. The van der Waals surface area contributed by atoms with Crippen LogP contribution >= 0.6 is 11.8 Å². The van der Waals surface area contributed by atoms with E-state index in [9.17, 15) is 4.39 Å². The lowest BCUT2D eigenvalue weighted by atomic mass is 10.1. The molecule has 0 aromatic heterocycles. The molecule has 0 fully saturated rings. The summed E-state index contributed by atoms with van der Waals surface area (Å²) in [6, 6.07) is 12.5. The van der Waals surface area contributed by atoms with E-state index in [2.05, 4.69) is 0 Å². The fourth-order valence-electron chi connectivity index (χ4n) is 2.30. The predicted octanol–water partition coefficient (Wildman–Crippen LogP) is 3.41. The van der Waals surface area contributed by atoms with Gasteiger partial charge in [0, 0.05) is 22.6 Å². The first-order chi connectivity index (χ1) is 9.74. The van der Waals surface area contributed by atoms with Gasteiger partial charge in [0.05, 0.1) is 6.61 Å². The molecule has 20 heavy (non-hydrogen) atoms. The van der Waals surface area contributed by atoms with E-state index in [1.54, 1.807) is 23.9 Å². The quantitative estimate of drug-likeness (QED) is 0.875. The standard InChI is InChI=1S/C16H15FO2S/c17-13-4-5-16-12(7-13)8-14(19-16)10-20-15-3-1-2-11(6-15)9-18/h1-7,14,18H,8-10H2. The Morgan fingerprint density at radius 2 is 2.15 bits per heavy atom. The van der Waals surface area contributed by atoms with Crippen molar-refractivity contribution in [3.8, 4) is 5.75 Å². The monoisotopic (exact) mass is 290 g/mol. The van der Waals surface area contributed by atoms with Gasteiger partial charge >= 0.3 is 0 Å². The molecule has 0 amide bonds. The molecule has 3 rings (SSSR count). The first kappa shape index (κ1) is 13.5. The number of fused-ring (bicyclic) bond motifs is 1. The average molecular weight is 290 g/mol. The van der Waals surface area contributed by atoms with Crippen LogP contribution in [0.5, 0.6) is 5.75 Å². The number of ether oxygens (including phenoxy) is 1. The summed E-state index contributed by atoms with van der Waals surface area (Å²) in [5.41, 5.74) is 1.85. The van der Waals surface area contributed by atoms with Gasteiger partial charge < -0.3 is 9.84 Å². The van der Waals surface area contributed by atoms with Crippen molar-refractivity contribution in [1.82, 2.24) is 0 Å².